The monoisotopic (exact) mass is 220 g/mol. The smallest absolute Gasteiger partial charge is 0.227 e. The third-order valence-electron chi connectivity index (χ3n) is 2.62. The Morgan fingerprint density at radius 1 is 1.44 bits per heavy atom. The van der Waals surface area contributed by atoms with Gasteiger partial charge < -0.3 is 15.4 Å². The summed E-state index contributed by atoms with van der Waals surface area (Å²) in [5.41, 5.74) is 6.28. The molecule has 1 amide bonds. The molecule has 86 valence electrons. The summed E-state index contributed by atoms with van der Waals surface area (Å²) in [5, 5.41) is 0. The molecule has 4 heteroatoms. The second-order valence-electron chi connectivity index (χ2n) is 3.75. The number of hydrogen-bond donors (Lipinski definition) is 1. The molecule has 0 aromatic heterocycles. The molecule has 0 bridgehead atoms. The largest absolute Gasteiger partial charge is 0.490 e. The van der Waals surface area contributed by atoms with E-state index in [-0.39, 0.29) is 5.91 Å². The molecule has 1 aromatic rings. The molecule has 16 heavy (non-hydrogen) atoms. The van der Waals surface area contributed by atoms with E-state index in [2.05, 4.69) is 0 Å². The Kier molecular flexibility index (Phi) is 3.41. The molecule has 0 saturated heterocycles. The average Bonchev–Trinajstić information content (AvgIpc) is 2.35. The number of carbonyl (C=O) groups is 1. The molecule has 1 aliphatic rings. The molecule has 0 radical (unpaired) electrons. The number of anilines is 1. The van der Waals surface area contributed by atoms with E-state index in [0.717, 1.165) is 17.9 Å². The molecular formula is C12H16N2O2. The van der Waals surface area contributed by atoms with Gasteiger partial charge in [0.15, 0.2) is 0 Å². The lowest BCUT2D eigenvalue weighted by atomic mass is 10.2. The van der Waals surface area contributed by atoms with Gasteiger partial charge in [-0.2, -0.15) is 0 Å². The van der Waals surface area contributed by atoms with Crippen molar-refractivity contribution in [3.05, 3.63) is 24.3 Å². The Hall–Kier alpha value is -1.55. The van der Waals surface area contributed by atoms with Crippen LogP contribution in [0.1, 0.15) is 12.8 Å². The zero-order chi connectivity index (χ0) is 11.4. The molecule has 1 heterocycles. The normalized spacial score (nSPS) is 14.2. The van der Waals surface area contributed by atoms with Gasteiger partial charge in [-0.25, -0.2) is 0 Å². The van der Waals surface area contributed by atoms with Crippen molar-refractivity contribution in [1.29, 1.82) is 0 Å². The Bertz CT molecular complexity index is 379. The minimum Gasteiger partial charge on any atom is -0.490 e. The number of rotatable bonds is 3. The number of fused-ring (bicyclic) bond motifs is 1. The second-order valence-corrected chi connectivity index (χ2v) is 3.75. The van der Waals surface area contributed by atoms with Crippen LogP contribution in [0.2, 0.25) is 0 Å². The number of hydrogen-bond acceptors (Lipinski definition) is 3. The van der Waals surface area contributed by atoms with Crippen molar-refractivity contribution < 1.29 is 9.53 Å². The first-order chi connectivity index (χ1) is 7.83. The van der Waals surface area contributed by atoms with Crippen LogP contribution in [0.3, 0.4) is 0 Å². The lowest BCUT2D eigenvalue weighted by molar-refractivity contribution is -0.118. The van der Waals surface area contributed by atoms with Crippen LogP contribution in [0, 0.1) is 0 Å². The summed E-state index contributed by atoms with van der Waals surface area (Å²) in [6, 6.07) is 7.62. The maximum absolute atomic E-state index is 11.9. The third kappa shape index (κ3) is 2.17. The predicted octanol–water partition coefficient (Wildman–Crippen LogP) is 1.15. The van der Waals surface area contributed by atoms with Gasteiger partial charge in [-0.05, 0) is 25.1 Å². The predicted molar refractivity (Wildman–Crippen MR) is 62.6 cm³/mol. The Morgan fingerprint density at radius 2 is 2.25 bits per heavy atom. The lowest BCUT2D eigenvalue weighted by Gasteiger charge is -2.29. The maximum Gasteiger partial charge on any atom is 0.227 e. The van der Waals surface area contributed by atoms with E-state index in [9.17, 15) is 4.79 Å². The van der Waals surface area contributed by atoms with E-state index in [4.69, 9.17) is 10.5 Å². The second kappa shape index (κ2) is 4.99. The number of nitrogens with zero attached hydrogens (tertiary/aromatic N) is 1. The van der Waals surface area contributed by atoms with Gasteiger partial charge in [0.2, 0.25) is 5.91 Å². The molecule has 2 N–H and O–H groups in total. The van der Waals surface area contributed by atoms with Crippen LogP contribution < -0.4 is 15.4 Å². The van der Waals surface area contributed by atoms with E-state index in [0.29, 0.717) is 26.1 Å². The number of benzene rings is 1. The van der Waals surface area contributed by atoms with Gasteiger partial charge in [0.05, 0.1) is 12.2 Å². The summed E-state index contributed by atoms with van der Waals surface area (Å²) in [6.07, 6.45) is 1.24. The van der Waals surface area contributed by atoms with Crippen LogP contribution in [-0.2, 0) is 4.79 Å². The number of para-hydroxylation sites is 2. The topological polar surface area (TPSA) is 55.6 Å². The summed E-state index contributed by atoms with van der Waals surface area (Å²) in [4.78, 5) is 13.7. The Labute approximate surface area is 95.0 Å². The molecule has 1 aliphatic heterocycles. The van der Waals surface area contributed by atoms with E-state index in [1.54, 1.807) is 4.90 Å². The fraction of sp³-hybridized carbons (Fsp3) is 0.417. The number of ether oxygens (including phenoxy) is 1. The van der Waals surface area contributed by atoms with Gasteiger partial charge in [0.1, 0.15) is 12.4 Å². The van der Waals surface area contributed by atoms with E-state index >= 15 is 0 Å². The van der Waals surface area contributed by atoms with Crippen LogP contribution in [0.5, 0.6) is 5.75 Å². The molecule has 0 atom stereocenters. The van der Waals surface area contributed by atoms with Gasteiger partial charge in [-0.1, -0.05) is 12.1 Å². The van der Waals surface area contributed by atoms with Gasteiger partial charge in [0.25, 0.3) is 0 Å². The van der Waals surface area contributed by atoms with Gasteiger partial charge in [0, 0.05) is 6.42 Å². The van der Waals surface area contributed by atoms with Crippen molar-refractivity contribution in [2.45, 2.75) is 12.8 Å². The van der Waals surface area contributed by atoms with E-state index in [1.165, 1.54) is 0 Å². The van der Waals surface area contributed by atoms with Gasteiger partial charge in [-0.15, -0.1) is 0 Å². The van der Waals surface area contributed by atoms with Crippen molar-refractivity contribution >= 4 is 11.6 Å². The van der Waals surface area contributed by atoms with Gasteiger partial charge >= 0.3 is 0 Å². The van der Waals surface area contributed by atoms with Crippen molar-refractivity contribution in [1.82, 2.24) is 0 Å². The van der Waals surface area contributed by atoms with E-state index in [1.807, 2.05) is 24.3 Å². The highest BCUT2D eigenvalue weighted by Crippen LogP contribution is 2.31. The standard InChI is InChI=1S/C12H16N2O2/c13-7-3-6-12(15)14-8-9-16-11-5-2-1-4-10(11)14/h1-2,4-5H,3,6-9,13H2. The minimum absolute atomic E-state index is 0.126. The molecule has 1 aromatic carbocycles. The molecule has 4 nitrogen and oxygen atoms in total. The Balaban J connectivity index is 2.15. The maximum atomic E-state index is 11.9. The van der Waals surface area contributed by atoms with Crippen LogP contribution in [0.4, 0.5) is 5.69 Å². The molecule has 0 aliphatic carbocycles. The molecule has 0 spiro atoms. The number of nitrogens with two attached hydrogens (primary N) is 1. The minimum atomic E-state index is 0.126. The lowest BCUT2D eigenvalue weighted by Crippen LogP contribution is -2.37. The summed E-state index contributed by atoms with van der Waals surface area (Å²) in [5.74, 6) is 0.913. The zero-order valence-electron chi connectivity index (χ0n) is 9.19. The Morgan fingerprint density at radius 3 is 3.06 bits per heavy atom. The molecule has 0 saturated carbocycles. The van der Waals surface area contributed by atoms with Crippen molar-refractivity contribution in [2.75, 3.05) is 24.6 Å². The van der Waals surface area contributed by atoms with Crippen LogP contribution in [0.15, 0.2) is 24.3 Å². The molecule has 0 unspecified atom stereocenters. The van der Waals surface area contributed by atoms with Crippen LogP contribution >= 0.6 is 0 Å². The summed E-state index contributed by atoms with van der Waals surface area (Å²) in [6.45, 7) is 1.74. The van der Waals surface area contributed by atoms with Crippen molar-refractivity contribution in [3.63, 3.8) is 0 Å². The first kappa shape index (κ1) is 11.0. The molecule has 0 fully saturated rings. The van der Waals surface area contributed by atoms with E-state index < -0.39 is 0 Å². The van der Waals surface area contributed by atoms with Crippen molar-refractivity contribution in [2.24, 2.45) is 5.73 Å². The van der Waals surface area contributed by atoms with Crippen LogP contribution in [0.25, 0.3) is 0 Å². The third-order valence-corrected chi connectivity index (χ3v) is 2.62. The highest BCUT2D eigenvalue weighted by Gasteiger charge is 2.22. The fourth-order valence-electron chi connectivity index (χ4n) is 1.82. The van der Waals surface area contributed by atoms with Crippen LogP contribution in [-0.4, -0.2) is 25.6 Å². The first-order valence-corrected chi connectivity index (χ1v) is 5.55. The summed E-state index contributed by atoms with van der Waals surface area (Å²) < 4.78 is 5.49. The summed E-state index contributed by atoms with van der Waals surface area (Å²) >= 11 is 0. The van der Waals surface area contributed by atoms with Gasteiger partial charge in [-0.3, -0.25) is 4.79 Å². The first-order valence-electron chi connectivity index (χ1n) is 5.55. The molecule has 2 rings (SSSR count). The number of carbonyl (C=O) groups excluding carboxylic acids is 1. The SMILES string of the molecule is NCCCC(=O)N1CCOc2ccccc21. The zero-order valence-corrected chi connectivity index (χ0v) is 9.19. The average molecular weight is 220 g/mol. The quantitative estimate of drug-likeness (QED) is 0.831. The highest BCUT2D eigenvalue weighted by molar-refractivity contribution is 5.95. The highest BCUT2D eigenvalue weighted by atomic mass is 16.5. The molecular weight excluding hydrogens is 204 g/mol. The van der Waals surface area contributed by atoms with Crippen molar-refractivity contribution in [3.8, 4) is 5.75 Å². The fourth-order valence-corrected chi connectivity index (χ4v) is 1.82. The summed E-state index contributed by atoms with van der Waals surface area (Å²) in [7, 11) is 0. The number of amides is 1.